The third-order valence-electron chi connectivity index (χ3n) is 1.83. The first-order valence-electron chi connectivity index (χ1n) is 4.13. The fourth-order valence-electron chi connectivity index (χ4n) is 1.06. The summed E-state index contributed by atoms with van der Waals surface area (Å²) in [5.74, 6) is -0.754. The number of halogens is 4. The molecule has 0 aliphatic carbocycles. The molecule has 0 aliphatic rings. The predicted molar refractivity (Wildman–Crippen MR) is 62.8 cm³/mol. The van der Waals surface area contributed by atoms with E-state index in [1.54, 1.807) is 0 Å². The standard InChI is InChI=1S/C9H7ClF2INO2/c1-16-9(15)7-4(3-10)5(13)2-6(14-7)8(11)12/h2,8H,3H2,1H3. The van der Waals surface area contributed by atoms with E-state index in [0.717, 1.165) is 7.11 Å². The number of carbonyl (C=O) groups is 1. The first-order valence-corrected chi connectivity index (χ1v) is 5.74. The number of esters is 1. The molecule has 1 aromatic rings. The zero-order valence-corrected chi connectivity index (χ0v) is 11.1. The van der Waals surface area contributed by atoms with E-state index in [1.807, 2.05) is 22.6 Å². The van der Waals surface area contributed by atoms with Gasteiger partial charge in [0.2, 0.25) is 0 Å². The van der Waals surface area contributed by atoms with Crippen LogP contribution in [0.25, 0.3) is 0 Å². The van der Waals surface area contributed by atoms with Crippen molar-refractivity contribution in [2.24, 2.45) is 0 Å². The van der Waals surface area contributed by atoms with Crippen molar-refractivity contribution in [1.82, 2.24) is 4.98 Å². The lowest BCUT2D eigenvalue weighted by molar-refractivity contribution is 0.0591. The van der Waals surface area contributed by atoms with Gasteiger partial charge in [0.1, 0.15) is 5.69 Å². The summed E-state index contributed by atoms with van der Waals surface area (Å²) in [5, 5.41) is 0. The van der Waals surface area contributed by atoms with Crippen molar-refractivity contribution in [2.75, 3.05) is 7.11 Å². The summed E-state index contributed by atoms with van der Waals surface area (Å²) in [5.41, 5.74) is -0.211. The molecule has 16 heavy (non-hydrogen) atoms. The van der Waals surface area contributed by atoms with Crippen LogP contribution in [-0.4, -0.2) is 18.1 Å². The molecule has 0 radical (unpaired) electrons. The summed E-state index contributed by atoms with van der Waals surface area (Å²) in [4.78, 5) is 14.9. The second-order valence-corrected chi connectivity index (χ2v) is 4.21. The third kappa shape index (κ3) is 2.79. The molecule has 1 aromatic heterocycles. The molecule has 0 unspecified atom stereocenters. The van der Waals surface area contributed by atoms with E-state index in [-0.39, 0.29) is 11.6 Å². The summed E-state index contributed by atoms with van der Waals surface area (Å²) in [6.45, 7) is 0. The number of methoxy groups -OCH3 is 1. The van der Waals surface area contributed by atoms with Crippen LogP contribution >= 0.6 is 34.2 Å². The first kappa shape index (κ1) is 13.6. The van der Waals surface area contributed by atoms with Crippen molar-refractivity contribution in [3.8, 4) is 0 Å². The van der Waals surface area contributed by atoms with Gasteiger partial charge >= 0.3 is 5.97 Å². The molecule has 3 nitrogen and oxygen atoms in total. The average Bonchev–Trinajstić information content (AvgIpc) is 2.26. The van der Waals surface area contributed by atoms with Crippen molar-refractivity contribution >= 4 is 40.2 Å². The Hall–Kier alpha value is -0.500. The molecule has 1 rings (SSSR count). The van der Waals surface area contributed by atoms with Gasteiger partial charge in [-0.25, -0.2) is 18.6 Å². The highest BCUT2D eigenvalue weighted by molar-refractivity contribution is 14.1. The quantitative estimate of drug-likeness (QED) is 0.472. The van der Waals surface area contributed by atoms with E-state index < -0.39 is 18.1 Å². The monoisotopic (exact) mass is 361 g/mol. The van der Waals surface area contributed by atoms with E-state index >= 15 is 0 Å². The normalized spacial score (nSPS) is 10.6. The van der Waals surface area contributed by atoms with Gasteiger partial charge in [0, 0.05) is 9.13 Å². The largest absolute Gasteiger partial charge is 0.464 e. The number of rotatable bonds is 3. The molecule has 0 bridgehead atoms. The van der Waals surface area contributed by atoms with Crippen LogP contribution in [0, 0.1) is 3.57 Å². The summed E-state index contributed by atoms with van der Waals surface area (Å²) < 4.78 is 29.9. The van der Waals surface area contributed by atoms with E-state index in [4.69, 9.17) is 11.6 Å². The smallest absolute Gasteiger partial charge is 0.357 e. The van der Waals surface area contributed by atoms with Crippen LogP contribution in [0.3, 0.4) is 0 Å². The third-order valence-corrected chi connectivity index (χ3v) is 3.06. The van der Waals surface area contributed by atoms with Gasteiger partial charge in [0.25, 0.3) is 6.43 Å². The van der Waals surface area contributed by atoms with E-state index in [0.29, 0.717) is 9.13 Å². The molecule has 7 heteroatoms. The highest BCUT2D eigenvalue weighted by Crippen LogP contribution is 2.24. The van der Waals surface area contributed by atoms with Gasteiger partial charge < -0.3 is 4.74 Å². The van der Waals surface area contributed by atoms with E-state index in [2.05, 4.69) is 9.72 Å². The molecule has 88 valence electrons. The molecule has 1 heterocycles. The minimum absolute atomic E-state index is 0.0131. The average molecular weight is 362 g/mol. The fraction of sp³-hybridized carbons (Fsp3) is 0.333. The fourth-order valence-corrected chi connectivity index (χ4v) is 2.32. The van der Waals surface area contributed by atoms with Crippen LogP contribution in [0.1, 0.15) is 28.2 Å². The molecule has 0 amide bonds. The van der Waals surface area contributed by atoms with Crippen LogP contribution in [0.4, 0.5) is 8.78 Å². The van der Waals surface area contributed by atoms with Crippen molar-refractivity contribution < 1.29 is 18.3 Å². The number of hydrogen-bond donors (Lipinski definition) is 0. The van der Waals surface area contributed by atoms with Gasteiger partial charge in [0.05, 0.1) is 13.0 Å². The zero-order chi connectivity index (χ0) is 12.3. The molecule has 0 fully saturated rings. The maximum Gasteiger partial charge on any atom is 0.357 e. The number of ether oxygens (including phenoxy) is 1. The van der Waals surface area contributed by atoms with Gasteiger partial charge in [-0.2, -0.15) is 0 Å². The minimum atomic E-state index is -2.73. The Balaban J connectivity index is 3.36. The number of carbonyl (C=O) groups excluding carboxylic acids is 1. The Labute approximate surface area is 109 Å². The summed E-state index contributed by atoms with van der Waals surface area (Å²) in [6.07, 6.45) is -2.73. The van der Waals surface area contributed by atoms with Crippen LogP contribution < -0.4 is 0 Å². The number of alkyl halides is 3. The van der Waals surface area contributed by atoms with Crippen LogP contribution in [0.2, 0.25) is 0 Å². The Morgan fingerprint density at radius 3 is 2.75 bits per heavy atom. The van der Waals surface area contributed by atoms with Crippen molar-refractivity contribution in [1.29, 1.82) is 0 Å². The maximum atomic E-state index is 12.5. The Bertz CT molecular complexity index is 415. The molecular weight excluding hydrogens is 354 g/mol. The molecule has 0 aliphatic heterocycles. The predicted octanol–water partition coefficient (Wildman–Crippen LogP) is 3.15. The number of nitrogens with zero attached hydrogens (tertiary/aromatic N) is 1. The molecule has 0 N–H and O–H groups in total. The molecule has 0 atom stereocenters. The van der Waals surface area contributed by atoms with Crippen molar-refractivity contribution in [3.63, 3.8) is 0 Å². The topological polar surface area (TPSA) is 39.2 Å². The van der Waals surface area contributed by atoms with Crippen molar-refractivity contribution in [2.45, 2.75) is 12.3 Å². The summed E-state index contributed by atoms with van der Waals surface area (Å²) >= 11 is 7.46. The molecule has 0 spiro atoms. The lowest BCUT2D eigenvalue weighted by atomic mass is 10.2. The van der Waals surface area contributed by atoms with Gasteiger partial charge in [-0.05, 0) is 28.7 Å². The Kier molecular flexibility index (Phi) is 4.85. The van der Waals surface area contributed by atoms with Gasteiger partial charge in [-0.15, -0.1) is 11.6 Å². The first-order chi connectivity index (χ1) is 7.51. The van der Waals surface area contributed by atoms with Gasteiger partial charge in [0.15, 0.2) is 5.69 Å². The van der Waals surface area contributed by atoms with Crippen LogP contribution in [-0.2, 0) is 10.6 Å². The van der Waals surface area contributed by atoms with Crippen LogP contribution in [0.15, 0.2) is 6.07 Å². The lowest BCUT2D eigenvalue weighted by Gasteiger charge is -2.09. The Morgan fingerprint density at radius 2 is 2.31 bits per heavy atom. The maximum absolute atomic E-state index is 12.5. The van der Waals surface area contributed by atoms with Gasteiger partial charge in [-0.3, -0.25) is 0 Å². The Morgan fingerprint density at radius 1 is 1.69 bits per heavy atom. The van der Waals surface area contributed by atoms with Gasteiger partial charge in [-0.1, -0.05) is 0 Å². The molecule has 0 aromatic carbocycles. The van der Waals surface area contributed by atoms with Crippen molar-refractivity contribution in [3.05, 3.63) is 26.6 Å². The van der Waals surface area contributed by atoms with E-state index in [9.17, 15) is 13.6 Å². The minimum Gasteiger partial charge on any atom is -0.464 e. The zero-order valence-electron chi connectivity index (χ0n) is 8.14. The second kappa shape index (κ2) is 5.72. The molecular formula is C9H7ClF2INO2. The van der Waals surface area contributed by atoms with E-state index in [1.165, 1.54) is 6.07 Å². The summed E-state index contributed by atoms with van der Waals surface area (Å²) in [7, 11) is 1.16. The summed E-state index contributed by atoms with van der Waals surface area (Å²) in [6, 6.07) is 1.20. The lowest BCUT2D eigenvalue weighted by Crippen LogP contribution is -2.11. The van der Waals surface area contributed by atoms with Crippen LogP contribution in [0.5, 0.6) is 0 Å². The second-order valence-electron chi connectivity index (χ2n) is 2.78. The highest BCUT2D eigenvalue weighted by Gasteiger charge is 2.20. The molecule has 0 saturated heterocycles. The number of hydrogen-bond acceptors (Lipinski definition) is 3. The molecule has 0 saturated carbocycles. The number of pyridine rings is 1. The highest BCUT2D eigenvalue weighted by atomic mass is 127. The number of aromatic nitrogens is 1. The SMILES string of the molecule is COC(=O)c1nc(C(F)F)cc(I)c1CCl.